The van der Waals surface area contributed by atoms with Gasteiger partial charge in [0.2, 0.25) is 5.91 Å². The Kier molecular flexibility index (Phi) is 3.57. The number of nitrogens with one attached hydrogen (secondary N) is 1. The van der Waals surface area contributed by atoms with Crippen molar-refractivity contribution < 1.29 is 4.79 Å². The van der Waals surface area contributed by atoms with E-state index in [-0.39, 0.29) is 6.04 Å². The molecule has 0 aromatic heterocycles. The van der Waals surface area contributed by atoms with E-state index in [9.17, 15) is 4.79 Å². The van der Waals surface area contributed by atoms with Crippen molar-refractivity contribution in [3.05, 3.63) is 0 Å². The van der Waals surface area contributed by atoms with Crippen LogP contribution in [0, 0.1) is 0 Å². The van der Waals surface area contributed by atoms with E-state index in [4.69, 9.17) is 0 Å². The number of hydrogen-bond donors (Lipinski definition) is 1. The third-order valence-corrected chi connectivity index (χ3v) is 4.65. The predicted molar refractivity (Wildman–Crippen MR) is 71.4 cm³/mol. The highest BCUT2D eigenvalue weighted by Crippen LogP contribution is 2.24. The van der Waals surface area contributed by atoms with E-state index < -0.39 is 0 Å². The molecule has 102 valence electrons. The summed E-state index contributed by atoms with van der Waals surface area (Å²) in [6.45, 7) is 6.47. The summed E-state index contributed by atoms with van der Waals surface area (Å²) in [5, 5.41) is 3.48. The molecule has 3 aliphatic rings. The van der Waals surface area contributed by atoms with Gasteiger partial charge in [0.15, 0.2) is 0 Å². The van der Waals surface area contributed by atoms with Crippen LogP contribution in [0.25, 0.3) is 0 Å². The number of nitrogens with zero attached hydrogens (tertiary/aromatic N) is 2. The van der Waals surface area contributed by atoms with Crippen LogP contribution < -0.4 is 5.32 Å². The molecule has 0 aromatic rings. The van der Waals surface area contributed by atoms with Gasteiger partial charge < -0.3 is 10.2 Å². The lowest BCUT2D eigenvalue weighted by atomic mass is 10.2. The number of amides is 1. The normalized spacial score (nSPS) is 33.6. The minimum absolute atomic E-state index is 0.119. The molecule has 2 saturated heterocycles. The van der Waals surface area contributed by atoms with Crippen LogP contribution in [0.15, 0.2) is 0 Å². The summed E-state index contributed by atoms with van der Waals surface area (Å²) in [6.07, 6.45) is 6.09. The standard InChI is InChI=1S/C14H25N3O/c1-2-16-8-3-4-12(16)10-17-9-7-13(14(17)18)15-11-5-6-11/h11-13,15H,2-10H2,1H3. The average molecular weight is 251 g/mol. The van der Waals surface area contributed by atoms with Crippen LogP contribution in [-0.2, 0) is 4.79 Å². The van der Waals surface area contributed by atoms with E-state index in [1.165, 1.54) is 32.2 Å². The molecule has 0 aromatic carbocycles. The van der Waals surface area contributed by atoms with Crippen LogP contribution in [-0.4, -0.2) is 60.0 Å². The fraction of sp³-hybridized carbons (Fsp3) is 0.929. The van der Waals surface area contributed by atoms with Crippen molar-refractivity contribution in [2.24, 2.45) is 0 Å². The van der Waals surface area contributed by atoms with Gasteiger partial charge in [-0.3, -0.25) is 9.69 Å². The molecule has 0 bridgehead atoms. The molecule has 2 atom stereocenters. The fourth-order valence-electron chi connectivity index (χ4n) is 3.38. The second-order valence-corrected chi connectivity index (χ2v) is 5.99. The summed E-state index contributed by atoms with van der Waals surface area (Å²) in [5.41, 5.74) is 0. The molecule has 0 spiro atoms. The van der Waals surface area contributed by atoms with Gasteiger partial charge in [0.05, 0.1) is 6.04 Å². The largest absolute Gasteiger partial charge is 0.340 e. The van der Waals surface area contributed by atoms with Crippen molar-refractivity contribution in [3.8, 4) is 0 Å². The maximum Gasteiger partial charge on any atom is 0.239 e. The van der Waals surface area contributed by atoms with Crippen LogP contribution in [0.5, 0.6) is 0 Å². The summed E-state index contributed by atoms with van der Waals surface area (Å²) < 4.78 is 0. The second-order valence-electron chi connectivity index (χ2n) is 5.99. The monoisotopic (exact) mass is 251 g/mol. The summed E-state index contributed by atoms with van der Waals surface area (Å²) in [5.74, 6) is 0.352. The van der Waals surface area contributed by atoms with E-state index in [0.29, 0.717) is 18.0 Å². The Morgan fingerprint density at radius 1 is 1.22 bits per heavy atom. The topological polar surface area (TPSA) is 35.6 Å². The van der Waals surface area contributed by atoms with Gasteiger partial charge >= 0.3 is 0 Å². The second kappa shape index (κ2) is 5.17. The zero-order valence-electron chi connectivity index (χ0n) is 11.4. The van der Waals surface area contributed by atoms with Crippen LogP contribution in [0.4, 0.5) is 0 Å². The lowest BCUT2D eigenvalue weighted by Gasteiger charge is -2.27. The zero-order valence-corrected chi connectivity index (χ0v) is 11.4. The number of likely N-dealkylation sites (tertiary alicyclic amines) is 2. The van der Waals surface area contributed by atoms with E-state index >= 15 is 0 Å². The van der Waals surface area contributed by atoms with Crippen molar-refractivity contribution in [2.75, 3.05) is 26.2 Å². The van der Waals surface area contributed by atoms with Crippen LogP contribution in [0.3, 0.4) is 0 Å². The molecule has 2 aliphatic heterocycles. The molecule has 2 unspecified atom stereocenters. The first kappa shape index (κ1) is 12.4. The first-order valence-corrected chi connectivity index (χ1v) is 7.57. The van der Waals surface area contributed by atoms with Gasteiger partial charge in [0.1, 0.15) is 0 Å². The Balaban J connectivity index is 1.52. The van der Waals surface area contributed by atoms with Crippen LogP contribution in [0.1, 0.15) is 39.0 Å². The highest BCUT2D eigenvalue weighted by molar-refractivity contribution is 5.84. The minimum atomic E-state index is 0.119. The van der Waals surface area contributed by atoms with Crippen molar-refractivity contribution >= 4 is 5.91 Å². The molecular weight excluding hydrogens is 226 g/mol. The molecule has 1 amide bonds. The van der Waals surface area contributed by atoms with Gasteiger partial charge in [0, 0.05) is 25.2 Å². The Bertz CT molecular complexity index is 316. The number of carbonyl (C=O) groups is 1. The first-order chi connectivity index (χ1) is 8.78. The smallest absolute Gasteiger partial charge is 0.239 e. The first-order valence-electron chi connectivity index (χ1n) is 7.57. The lowest BCUT2D eigenvalue weighted by molar-refractivity contribution is -0.130. The van der Waals surface area contributed by atoms with Crippen molar-refractivity contribution in [1.29, 1.82) is 0 Å². The van der Waals surface area contributed by atoms with E-state index in [1.54, 1.807) is 0 Å². The fourth-order valence-corrected chi connectivity index (χ4v) is 3.38. The van der Waals surface area contributed by atoms with Gasteiger partial charge in [0.25, 0.3) is 0 Å². The minimum Gasteiger partial charge on any atom is -0.340 e. The molecule has 1 saturated carbocycles. The Hall–Kier alpha value is -0.610. The summed E-state index contributed by atoms with van der Waals surface area (Å²) in [7, 11) is 0. The molecule has 1 aliphatic carbocycles. The maximum absolute atomic E-state index is 12.3. The van der Waals surface area contributed by atoms with Crippen LogP contribution >= 0.6 is 0 Å². The average Bonchev–Trinajstić information content (AvgIpc) is 2.98. The summed E-state index contributed by atoms with van der Waals surface area (Å²) >= 11 is 0. The predicted octanol–water partition coefficient (Wildman–Crippen LogP) is 0.824. The van der Waals surface area contributed by atoms with Crippen molar-refractivity contribution in [2.45, 2.75) is 57.2 Å². The van der Waals surface area contributed by atoms with Crippen molar-refractivity contribution in [3.63, 3.8) is 0 Å². The zero-order chi connectivity index (χ0) is 12.5. The number of hydrogen-bond acceptors (Lipinski definition) is 3. The Labute approximate surface area is 110 Å². The van der Waals surface area contributed by atoms with E-state index in [1.807, 2.05) is 0 Å². The molecular formula is C14H25N3O. The van der Waals surface area contributed by atoms with E-state index in [0.717, 1.165) is 26.1 Å². The SMILES string of the molecule is CCN1CCCC1CN1CCC(NC2CC2)C1=O. The highest BCUT2D eigenvalue weighted by atomic mass is 16.2. The van der Waals surface area contributed by atoms with Gasteiger partial charge in [-0.05, 0) is 45.2 Å². The number of rotatable bonds is 5. The van der Waals surface area contributed by atoms with Gasteiger partial charge in [-0.25, -0.2) is 0 Å². The van der Waals surface area contributed by atoms with Gasteiger partial charge in [-0.1, -0.05) is 6.92 Å². The molecule has 0 radical (unpaired) electrons. The number of likely N-dealkylation sites (N-methyl/N-ethyl adjacent to an activating group) is 1. The quantitative estimate of drug-likeness (QED) is 0.786. The molecule has 4 nitrogen and oxygen atoms in total. The summed E-state index contributed by atoms with van der Waals surface area (Å²) in [4.78, 5) is 16.9. The highest BCUT2D eigenvalue weighted by Gasteiger charge is 2.37. The number of carbonyl (C=O) groups excluding carboxylic acids is 1. The Morgan fingerprint density at radius 2 is 2.06 bits per heavy atom. The third-order valence-electron chi connectivity index (χ3n) is 4.65. The van der Waals surface area contributed by atoms with Crippen LogP contribution in [0.2, 0.25) is 0 Å². The van der Waals surface area contributed by atoms with E-state index in [2.05, 4.69) is 22.0 Å². The Morgan fingerprint density at radius 3 is 2.78 bits per heavy atom. The summed E-state index contributed by atoms with van der Waals surface area (Å²) in [6, 6.07) is 1.37. The molecule has 3 rings (SSSR count). The maximum atomic E-state index is 12.3. The third kappa shape index (κ3) is 2.54. The molecule has 3 fully saturated rings. The molecule has 4 heteroatoms. The van der Waals surface area contributed by atoms with Gasteiger partial charge in [-0.2, -0.15) is 0 Å². The molecule has 18 heavy (non-hydrogen) atoms. The lowest BCUT2D eigenvalue weighted by Crippen LogP contribution is -2.44. The molecule has 1 N–H and O–H groups in total. The van der Waals surface area contributed by atoms with Gasteiger partial charge in [-0.15, -0.1) is 0 Å². The van der Waals surface area contributed by atoms with Crippen molar-refractivity contribution in [1.82, 2.24) is 15.1 Å². The molecule has 2 heterocycles.